The van der Waals surface area contributed by atoms with E-state index in [9.17, 15) is 19.7 Å². The molecule has 5 rings (SSSR count). The van der Waals surface area contributed by atoms with Crippen LogP contribution in [-0.4, -0.2) is 22.1 Å². The van der Waals surface area contributed by atoms with Crippen LogP contribution in [0.5, 0.6) is 0 Å². The number of rotatable bonds is 6. The summed E-state index contributed by atoms with van der Waals surface area (Å²) < 4.78 is 13.0. The van der Waals surface area contributed by atoms with E-state index >= 15 is 0 Å². The van der Waals surface area contributed by atoms with Gasteiger partial charge in [0.05, 0.1) is 27.3 Å². The van der Waals surface area contributed by atoms with Gasteiger partial charge in [-0.2, -0.15) is 0 Å². The second-order valence-electron chi connectivity index (χ2n) is 8.33. The highest BCUT2D eigenvalue weighted by atomic mass is 35.5. The van der Waals surface area contributed by atoms with Gasteiger partial charge in [0.15, 0.2) is 4.80 Å². The molecule has 0 N–H and O–H groups in total. The molecule has 38 heavy (non-hydrogen) atoms. The first-order valence-corrected chi connectivity index (χ1v) is 12.8. The molecule has 2 aromatic carbocycles. The Morgan fingerprint density at radius 3 is 2.63 bits per heavy atom. The molecule has 0 bridgehead atoms. The zero-order valence-corrected chi connectivity index (χ0v) is 21.8. The first-order valence-electron chi connectivity index (χ1n) is 11.6. The first-order chi connectivity index (χ1) is 18.3. The summed E-state index contributed by atoms with van der Waals surface area (Å²) >= 11 is 7.68. The normalized spacial score (nSPS) is 15.2. The van der Waals surface area contributed by atoms with E-state index in [-0.39, 0.29) is 23.4 Å². The van der Waals surface area contributed by atoms with E-state index in [1.165, 1.54) is 28.0 Å². The third-order valence-electron chi connectivity index (χ3n) is 5.98. The Balaban J connectivity index is 1.61. The Morgan fingerprint density at radius 2 is 1.95 bits per heavy atom. The highest BCUT2D eigenvalue weighted by Gasteiger charge is 2.34. The van der Waals surface area contributed by atoms with Crippen LogP contribution in [0.2, 0.25) is 5.02 Å². The molecule has 1 atom stereocenters. The lowest BCUT2D eigenvalue weighted by Gasteiger charge is -2.25. The van der Waals surface area contributed by atoms with E-state index in [0.29, 0.717) is 42.7 Å². The number of thiazole rings is 1. The molecule has 0 saturated heterocycles. The molecule has 0 aliphatic carbocycles. The van der Waals surface area contributed by atoms with Crippen molar-refractivity contribution < 1.29 is 18.9 Å². The number of fused-ring (bicyclic) bond motifs is 1. The minimum absolute atomic E-state index is 0.0211. The summed E-state index contributed by atoms with van der Waals surface area (Å²) in [5.74, 6) is 0.347. The van der Waals surface area contributed by atoms with Crippen molar-refractivity contribution in [2.75, 3.05) is 6.61 Å². The predicted molar refractivity (Wildman–Crippen MR) is 143 cm³/mol. The van der Waals surface area contributed by atoms with E-state index in [0.717, 1.165) is 0 Å². The average Bonchev–Trinajstić information content (AvgIpc) is 3.48. The summed E-state index contributed by atoms with van der Waals surface area (Å²) in [4.78, 5) is 42.1. The number of nitrogens with zero attached hydrogens (tertiary/aromatic N) is 3. The lowest BCUT2D eigenvalue weighted by molar-refractivity contribution is -0.384. The fraction of sp³-hybridized carbons (Fsp3) is 0.148. The quantitative estimate of drug-likeness (QED) is 0.197. The number of nitro benzene ring substituents is 1. The van der Waals surface area contributed by atoms with Crippen molar-refractivity contribution in [3.8, 4) is 11.3 Å². The highest BCUT2D eigenvalue weighted by molar-refractivity contribution is 7.07. The maximum atomic E-state index is 13.7. The zero-order valence-electron chi connectivity index (χ0n) is 20.2. The van der Waals surface area contributed by atoms with Crippen molar-refractivity contribution in [1.82, 2.24) is 4.57 Å². The molecule has 0 radical (unpaired) electrons. The SMILES string of the molecule is CCOC(=O)C1=C(C)N=c2s/c(=C\c3ccc(-c4ccc([N+](=O)[O-])cc4)o3)c(=O)n2[C@H]1c1ccccc1Cl. The molecular weight excluding hydrogens is 530 g/mol. The van der Waals surface area contributed by atoms with Crippen LogP contribution in [0.15, 0.2) is 86.1 Å². The third-order valence-corrected chi connectivity index (χ3v) is 7.31. The number of benzene rings is 2. The number of ether oxygens (including phenoxy) is 1. The maximum Gasteiger partial charge on any atom is 0.338 e. The predicted octanol–water partition coefficient (Wildman–Crippen LogP) is 4.62. The topological polar surface area (TPSA) is 117 Å². The van der Waals surface area contributed by atoms with Crippen molar-refractivity contribution in [3.05, 3.63) is 118 Å². The number of furan rings is 1. The van der Waals surface area contributed by atoms with Gasteiger partial charge in [-0.3, -0.25) is 19.5 Å². The summed E-state index contributed by atoms with van der Waals surface area (Å²) in [6.45, 7) is 3.59. The Labute approximate surface area is 224 Å². The van der Waals surface area contributed by atoms with Crippen LogP contribution in [0.25, 0.3) is 17.4 Å². The summed E-state index contributed by atoms with van der Waals surface area (Å²) in [6.07, 6.45) is 1.60. The maximum absolute atomic E-state index is 13.7. The number of carbonyl (C=O) groups is 1. The molecule has 0 saturated carbocycles. The second kappa shape index (κ2) is 10.2. The lowest BCUT2D eigenvalue weighted by atomic mass is 9.96. The van der Waals surface area contributed by atoms with Crippen LogP contribution < -0.4 is 14.9 Å². The van der Waals surface area contributed by atoms with Gasteiger partial charge >= 0.3 is 5.97 Å². The van der Waals surface area contributed by atoms with E-state index in [1.54, 1.807) is 68.5 Å². The van der Waals surface area contributed by atoms with Crippen molar-refractivity contribution in [3.63, 3.8) is 0 Å². The molecule has 2 aromatic heterocycles. The van der Waals surface area contributed by atoms with Gasteiger partial charge in [0, 0.05) is 28.8 Å². The number of esters is 1. The van der Waals surface area contributed by atoms with Crippen LogP contribution in [-0.2, 0) is 9.53 Å². The first kappa shape index (κ1) is 25.4. The van der Waals surface area contributed by atoms with Gasteiger partial charge in [-0.25, -0.2) is 9.79 Å². The van der Waals surface area contributed by atoms with E-state index in [1.807, 2.05) is 0 Å². The number of hydrogen-bond acceptors (Lipinski definition) is 8. The molecule has 11 heteroatoms. The average molecular weight is 550 g/mol. The van der Waals surface area contributed by atoms with Crippen LogP contribution in [0, 0.1) is 10.1 Å². The van der Waals surface area contributed by atoms with Gasteiger partial charge in [-0.1, -0.05) is 41.1 Å². The standard InChI is InChI=1S/C27H20ClN3O6S/c1-3-36-26(33)23-15(2)29-27-30(24(23)19-6-4-5-7-20(19)28)25(32)22(38-27)14-18-12-13-21(37-18)16-8-10-17(11-9-16)31(34)35/h4-14,24H,3H2,1-2H3/b22-14-/t24-/m0/s1. The Bertz CT molecular complexity index is 1780. The molecule has 0 spiro atoms. The largest absolute Gasteiger partial charge is 0.463 e. The minimum Gasteiger partial charge on any atom is -0.463 e. The van der Waals surface area contributed by atoms with Crippen molar-refractivity contribution >= 4 is 40.7 Å². The number of aromatic nitrogens is 1. The van der Waals surface area contributed by atoms with Gasteiger partial charge in [0.2, 0.25) is 0 Å². The summed E-state index contributed by atoms with van der Waals surface area (Å²) in [6, 6.07) is 15.6. The molecule has 9 nitrogen and oxygen atoms in total. The van der Waals surface area contributed by atoms with Crippen LogP contribution in [0.4, 0.5) is 5.69 Å². The highest BCUT2D eigenvalue weighted by Crippen LogP contribution is 2.34. The summed E-state index contributed by atoms with van der Waals surface area (Å²) in [7, 11) is 0. The second-order valence-corrected chi connectivity index (χ2v) is 9.75. The lowest BCUT2D eigenvalue weighted by Crippen LogP contribution is -2.40. The molecule has 0 unspecified atom stereocenters. The Kier molecular flexibility index (Phi) is 6.83. The van der Waals surface area contributed by atoms with Gasteiger partial charge in [0.25, 0.3) is 11.2 Å². The van der Waals surface area contributed by atoms with Gasteiger partial charge in [-0.15, -0.1) is 0 Å². The zero-order chi connectivity index (χ0) is 27.0. The molecule has 1 aliphatic heterocycles. The smallest absolute Gasteiger partial charge is 0.338 e. The number of non-ortho nitro benzene ring substituents is 1. The number of nitro groups is 1. The van der Waals surface area contributed by atoms with Gasteiger partial charge in [0.1, 0.15) is 17.6 Å². The molecule has 0 amide bonds. The van der Waals surface area contributed by atoms with Gasteiger partial charge in [-0.05, 0) is 49.7 Å². The monoisotopic (exact) mass is 549 g/mol. The van der Waals surface area contributed by atoms with Crippen LogP contribution >= 0.6 is 22.9 Å². The Hall–Kier alpha value is -4.28. The van der Waals surface area contributed by atoms with Crippen molar-refractivity contribution in [1.29, 1.82) is 0 Å². The van der Waals surface area contributed by atoms with E-state index in [2.05, 4.69) is 4.99 Å². The molecule has 0 fully saturated rings. The number of allylic oxidation sites excluding steroid dienone is 1. The molecule has 1 aliphatic rings. The molecule has 192 valence electrons. The van der Waals surface area contributed by atoms with E-state index < -0.39 is 16.9 Å². The third kappa shape index (κ3) is 4.59. The van der Waals surface area contributed by atoms with Crippen LogP contribution in [0.1, 0.15) is 31.2 Å². The van der Waals surface area contributed by atoms with Crippen LogP contribution in [0.3, 0.4) is 0 Å². The fourth-order valence-electron chi connectivity index (χ4n) is 4.24. The summed E-state index contributed by atoms with van der Waals surface area (Å²) in [5.41, 5.74) is 1.55. The van der Waals surface area contributed by atoms with Crippen molar-refractivity contribution in [2.45, 2.75) is 19.9 Å². The molecular formula is C27H20ClN3O6S. The fourth-order valence-corrected chi connectivity index (χ4v) is 5.51. The van der Waals surface area contributed by atoms with Crippen molar-refractivity contribution in [2.24, 2.45) is 4.99 Å². The number of hydrogen-bond donors (Lipinski definition) is 0. The summed E-state index contributed by atoms with van der Waals surface area (Å²) in [5, 5.41) is 11.3. The minimum atomic E-state index is -0.812. The molecule has 3 heterocycles. The number of carbonyl (C=O) groups excluding carboxylic acids is 1. The van der Waals surface area contributed by atoms with Gasteiger partial charge < -0.3 is 9.15 Å². The number of halogens is 1. The van der Waals surface area contributed by atoms with E-state index in [4.69, 9.17) is 20.8 Å². The molecule has 4 aromatic rings. The Morgan fingerprint density at radius 1 is 1.21 bits per heavy atom.